The molecule has 0 radical (unpaired) electrons. The van der Waals surface area contributed by atoms with E-state index in [-0.39, 0.29) is 5.71 Å². The molecule has 0 bridgehead atoms. The molecule has 0 spiro atoms. The highest BCUT2D eigenvalue weighted by Crippen LogP contribution is 2.12. The summed E-state index contributed by atoms with van der Waals surface area (Å²) in [5.74, 6) is 0.0578. The van der Waals surface area contributed by atoms with Crippen LogP contribution in [-0.4, -0.2) is 34.2 Å². The first-order chi connectivity index (χ1) is 5.25. The molecule has 0 fully saturated rings. The van der Waals surface area contributed by atoms with Gasteiger partial charge in [0.15, 0.2) is 5.71 Å². The molecular weight excluding hydrogens is 166 g/mol. The normalized spacial score (nSPS) is 18.2. The number of hydrogen-bond donors (Lipinski definition) is 2. The molecule has 3 N–H and O–H groups in total. The van der Waals surface area contributed by atoms with E-state index in [1.165, 1.54) is 11.8 Å². The Balaban J connectivity index is 2.78. The zero-order valence-electron chi connectivity index (χ0n) is 5.65. The van der Waals surface area contributed by atoms with Crippen molar-refractivity contribution in [2.24, 2.45) is 15.9 Å². The van der Waals surface area contributed by atoms with Crippen LogP contribution in [0.25, 0.3) is 0 Å². The molecule has 0 saturated heterocycles. The maximum atomic E-state index is 10.6. The van der Waals surface area contributed by atoms with Crippen molar-refractivity contribution in [2.45, 2.75) is 0 Å². The third-order valence-electron chi connectivity index (χ3n) is 1.12. The Morgan fingerprint density at radius 2 is 2.55 bits per heavy atom. The second kappa shape index (κ2) is 3.38. The maximum absolute atomic E-state index is 10.6. The Kier molecular flexibility index (Phi) is 2.48. The second-order valence-corrected chi connectivity index (χ2v) is 2.93. The van der Waals surface area contributed by atoms with Crippen LogP contribution in [0.5, 0.6) is 0 Å². The smallest absolute Gasteiger partial charge is 0.273 e. The molecule has 0 aliphatic carbocycles. The highest BCUT2D eigenvalue weighted by molar-refractivity contribution is 8.16. The minimum atomic E-state index is -0.749. The highest BCUT2D eigenvalue weighted by Gasteiger charge is 2.19. The van der Waals surface area contributed by atoms with Crippen LogP contribution in [0.4, 0.5) is 0 Å². The largest absolute Gasteiger partial charge is 0.410 e. The lowest BCUT2D eigenvalue weighted by Crippen LogP contribution is -2.28. The van der Waals surface area contributed by atoms with Gasteiger partial charge in [-0.25, -0.2) is 0 Å². The van der Waals surface area contributed by atoms with Gasteiger partial charge >= 0.3 is 0 Å². The van der Waals surface area contributed by atoms with Crippen LogP contribution in [0, 0.1) is 0 Å². The SMILES string of the molecule is NC(=O)/C(=N/O)C1=NCCS1. The molecule has 60 valence electrons. The monoisotopic (exact) mass is 173 g/mol. The van der Waals surface area contributed by atoms with Gasteiger partial charge < -0.3 is 10.9 Å². The Labute approximate surface area is 67.4 Å². The lowest BCUT2D eigenvalue weighted by Gasteiger charge is -1.95. The van der Waals surface area contributed by atoms with Gasteiger partial charge in [0, 0.05) is 12.3 Å². The summed E-state index contributed by atoms with van der Waals surface area (Å²) in [6.45, 7) is 0.645. The average molecular weight is 173 g/mol. The number of thioether (sulfide) groups is 1. The Morgan fingerprint density at radius 1 is 1.82 bits per heavy atom. The zero-order valence-corrected chi connectivity index (χ0v) is 6.47. The van der Waals surface area contributed by atoms with Crippen LogP contribution < -0.4 is 5.73 Å². The summed E-state index contributed by atoms with van der Waals surface area (Å²) in [4.78, 5) is 14.5. The van der Waals surface area contributed by atoms with E-state index in [2.05, 4.69) is 10.1 Å². The highest BCUT2D eigenvalue weighted by atomic mass is 32.2. The topological polar surface area (TPSA) is 88.0 Å². The van der Waals surface area contributed by atoms with Crippen molar-refractivity contribution in [3.05, 3.63) is 0 Å². The number of carbonyl (C=O) groups excluding carboxylic acids is 1. The quantitative estimate of drug-likeness (QED) is 0.333. The summed E-state index contributed by atoms with van der Waals surface area (Å²) in [6.07, 6.45) is 0. The summed E-state index contributed by atoms with van der Waals surface area (Å²) >= 11 is 1.36. The van der Waals surface area contributed by atoms with Gasteiger partial charge in [-0.1, -0.05) is 5.16 Å². The van der Waals surface area contributed by atoms with Gasteiger partial charge in [0.25, 0.3) is 5.91 Å². The van der Waals surface area contributed by atoms with Gasteiger partial charge in [0.1, 0.15) is 5.04 Å². The van der Waals surface area contributed by atoms with Gasteiger partial charge in [-0.2, -0.15) is 0 Å². The predicted molar refractivity (Wildman–Crippen MR) is 43.2 cm³/mol. The number of rotatable bonds is 2. The summed E-state index contributed by atoms with van der Waals surface area (Å²) in [5, 5.41) is 11.5. The Morgan fingerprint density at radius 3 is 2.91 bits per heavy atom. The van der Waals surface area contributed by atoms with Gasteiger partial charge in [0.2, 0.25) is 0 Å². The number of aliphatic imine (C=N–C) groups is 1. The standard InChI is InChI=1S/C5H7N3O2S/c6-4(9)3(8-10)5-7-1-2-11-5/h10H,1-2H2,(H2,6,9)/b8-3-. The number of amides is 1. The fraction of sp³-hybridized carbons (Fsp3) is 0.400. The number of nitrogens with zero attached hydrogens (tertiary/aromatic N) is 2. The van der Waals surface area contributed by atoms with Crippen LogP contribution in [0.2, 0.25) is 0 Å². The first-order valence-corrected chi connectivity index (χ1v) is 3.93. The van der Waals surface area contributed by atoms with Crippen molar-refractivity contribution in [1.82, 2.24) is 0 Å². The number of carbonyl (C=O) groups is 1. The van der Waals surface area contributed by atoms with Crippen molar-refractivity contribution in [1.29, 1.82) is 0 Å². The molecule has 5 nitrogen and oxygen atoms in total. The van der Waals surface area contributed by atoms with Gasteiger partial charge in [0.05, 0.1) is 0 Å². The molecule has 1 heterocycles. The third kappa shape index (κ3) is 1.70. The van der Waals surface area contributed by atoms with Crippen LogP contribution in [0.1, 0.15) is 0 Å². The molecule has 0 unspecified atom stereocenters. The lowest BCUT2D eigenvalue weighted by molar-refractivity contribution is -0.111. The molecule has 0 atom stereocenters. The van der Waals surface area contributed by atoms with Crippen molar-refractivity contribution in [3.63, 3.8) is 0 Å². The molecule has 0 saturated carbocycles. The summed E-state index contributed by atoms with van der Waals surface area (Å²) in [5.41, 5.74) is 4.76. The van der Waals surface area contributed by atoms with Crippen LogP contribution in [0.3, 0.4) is 0 Å². The molecule has 1 aliphatic heterocycles. The second-order valence-electron chi connectivity index (χ2n) is 1.85. The molecule has 0 aromatic rings. The lowest BCUT2D eigenvalue weighted by atomic mass is 10.4. The Hall–Kier alpha value is -1.04. The minimum absolute atomic E-state index is 0.146. The zero-order chi connectivity index (χ0) is 8.27. The van der Waals surface area contributed by atoms with Crippen LogP contribution in [0.15, 0.2) is 10.1 Å². The summed E-state index contributed by atoms with van der Waals surface area (Å²) < 4.78 is 0. The fourth-order valence-electron chi connectivity index (χ4n) is 0.676. The molecule has 6 heteroatoms. The molecule has 1 aliphatic rings. The van der Waals surface area contributed by atoms with Crippen molar-refractivity contribution >= 4 is 28.4 Å². The number of oxime groups is 1. The van der Waals surface area contributed by atoms with E-state index in [4.69, 9.17) is 10.9 Å². The van der Waals surface area contributed by atoms with Crippen LogP contribution >= 0.6 is 11.8 Å². The number of primary amides is 1. The maximum Gasteiger partial charge on any atom is 0.273 e. The molecule has 0 aromatic carbocycles. The van der Waals surface area contributed by atoms with Gasteiger partial charge in [-0.15, -0.1) is 11.8 Å². The molecule has 1 amide bonds. The van der Waals surface area contributed by atoms with E-state index in [9.17, 15) is 4.79 Å². The fourth-order valence-corrected chi connectivity index (χ4v) is 1.51. The molecule has 1 rings (SSSR count). The van der Waals surface area contributed by atoms with Gasteiger partial charge in [-0.05, 0) is 0 Å². The summed E-state index contributed by atoms with van der Waals surface area (Å²) in [6, 6.07) is 0. The predicted octanol–water partition coefficient (Wildman–Crippen LogP) is -0.553. The van der Waals surface area contributed by atoms with Crippen molar-refractivity contribution in [3.8, 4) is 0 Å². The van der Waals surface area contributed by atoms with E-state index in [1.54, 1.807) is 0 Å². The van der Waals surface area contributed by atoms with E-state index in [0.717, 1.165) is 5.75 Å². The number of hydrogen-bond acceptors (Lipinski definition) is 5. The first kappa shape index (κ1) is 8.06. The molecule has 11 heavy (non-hydrogen) atoms. The minimum Gasteiger partial charge on any atom is -0.410 e. The first-order valence-electron chi connectivity index (χ1n) is 2.95. The van der Waals surface area contributed by atoms with E-state index < -0.39 is 5.91 Å². The van der Waals surface area contributed by atoms with E-state index >= 15 is 0 Å². The Bertz CT molecular complexity index is 236. The van der Waals surface area contributed by atoms with Crippen molar-refractivity contribution < 1.29 is 10.0 Å². The van der Waals surface area contributed by atoms with Crippen molar-refractivity contribution in [2.75, 3.05) is 12.3 Å². The van der Waals surface area contributed by atoms with Gasteiger partial charge in [-0.3, -0.25) is 9.79 Å². The van der Waals surface area contributed by atoms with E-state index in [1.807, 2.05) is 0 Å². The van der Waals surface area contributed by atoms with Crippen LogP contribution in [-0.2, 0) is 4.79 Å². The molecule has 0 aromatic heterocycles. The average Bonchev–Trinajstić information content (AvgIpc) is 2.40. The third-order valence-corrected chi connectivity index (χ3v) is 2.10. The summed E-state index contributed by atoms with van der Waals surface area (Å²) in [7, 11) is 0. The van der Waals surface area contributed by atoms with E-state index in [0.29, 0.717) is 11.6 Å². The number of nitrogens with two attached hydrogens (primary N) is 1. The molecular formula is C5H7N3O2S.